The van der Waals surface area contributed by atoms with Crippen LogP contribution in [0, 0.1) is 19.7 Å². The third-order valence-electron chi connectivity index (χ3n) is 4.46. The third kappa shape index (κ3) is 4.00. The molecule has 1 amide bonds. The van der Waals surface area contributed by atoms with Gasteiger partial charge in [0.05, 0.1) is 11.3 Å². The van der Waals surface area contributed by atoms with Gasteiger partial charge in [0.1, 0.15) is 11.6 Å². The van der Waals surface area contributed by atoms with Crippen molar-refractivity contribution in [2.24, 2.45) is 0 Å². The summed E-state index contributed by atoms with van der Waals surface area (Å²) < 4.78 is 15.1. The lowest BCUT2D eigenvalue weighted by atomic mass is 10.1. The van der Waals surface area contributed by atoms with E-state index in [4.69, 9.17) is 0 Å². The molecular weight excluding hydrogens is 385 g/mol. The van der Waals surface area contributed by atoms with E-state index in [-0.39, 0.29) is 11.7 Å². The molecule has 0 aliphatic carbocycles. The molecule has 2 aromatic heterocycles. The number of pyridine rings is 1. The molecule has 4 rings (SSSR count). The average molecular weight is 403 g/mol. The number of benzene rings is 2. The summed E-state index contributed by atoms with van der Waals surface area (Å²) in [5.41, 5.74) is 3.12. The van der Waals surface area contributed by atoms with Crippen molar-refractivity contribution in [3.8, 4) is 5.69 Å². The second-order valence-electron chi connectivity index (χ2n) is 6.63. The molecule has 0 fully saturated rings. The highest BCUT2D eigenvalue weighted by Gasteiger charge is 2.15. The monoisotopic (exact) mass is 403 g/mol. The number of carbonyl (C=O) groups is 1. The first-order chi connectivity index (χ1) is 14.5. The van der Waals surface area contributed by atoms with Gasteiger partial charge in [-0.3, -0.25) is 4.79 Å². The highest BCUT2D eigenvalue weighted by molar-refractivity contribution is 6.07. The molecule has 4 aromatic rings. The number of anilines is 3. The second-order valence-corrected chi connectivity index (χ2v) is 6.63. The minimum Gasteiger partial charge on any atom is -0.339 e. The number of tetrazole rings is 1. The predicted octanol–water partition coefficient (Wildman–Crippen LogP) is 3.81. The van der Waals surface area contributed by atoms with Crippen molar-refractivity contribution in [3.05, 3.63) is 83.6 Å². The first kappa shape index (κ1) is 19.2. The van der Waals surface area contributed by atoms with E-state index in [2.05, 4.69) is 31.1 Å². The second kappa shape index (κ2) is 8.08. The zero-order valence-corrected chi connectivity index (χ0v) is 16.3. The lowest BCUT2D eigenvalue weighted by Gasteiger charge is -2.13. The standard InChI is InChI=1S/C21H18FN7O/c1-13-8-9-17(12-19(13)29-14(2)26-27-28-29)25-21(30)18-7-4-10-23-20(18)24-16-6-3-5-15(22)11-16/h3-12H,1-2H3,(H,23,24)(H,25,30). The van der Waals surface area contributed by atoms with Crippen LogP contribution in [0.5, 0.6) is 0 Å². The molecular formula is C21H18FN7O. The van der Waals surface area contributed by atoms with Gasteiger partial charge in [-0.25, -0.2) is 9.37 Å². The van der Waals surface area contributed by atoms with Gasteiger partial charge in [-0.05, 0) is 72.3 Å². The average Bonchev–Trinajstić information content (AvgIpc) is 3.15. The number of rotatable bonds is 5. The molecule has 2 heterocycles. The Kier molecular flexibility index (Phi) is 5.17. The predicted molar refractivity (Wildman–Crippen MR) is 111 cm³/mol. The summed E-state index contributed by atoms with van der Waals surface area (Å²) >= 11 is 0. The summed E-state index contributed by atoms with van der Waals surface area (Å²) in [6, 6.07) is 14.7. The quantitative estimate of drug-likeness (QED) is 0.526. The third-order valence-corrected chi connectivity index (χ3v) is 4.46. The molecule has 2 aromatic carbocycles. The molecule has 0 saturated heterocycles. The summed E-state index contributed by atoms with van der Waals surface area (Å²) in [7, 11) is 0. The van der Waals surface area contributed by atoms with Gasteiger partial charge in [-0.2, -0.15) is 4.68 Å². The highest BCUT2D eigenvalue weighted by Crippen LogP contribution is 2.23. The van der Waals surface area contributed by atoms with Crippen LogP contribution in [0.3, 0.4) is 0 Å². The van der Waals surface area contributed by atoms with Gasteiger partial charge in [0, 0.05) is 17.6 Å². The van der Waals surface area contributed by atoms with E-state index in [0.29, 0.717) is 28.6 Å². The first-order valence-corrected chi connectivity index (χ1v) is 9.16. The fourth-order valence-corrected chi connectivity index (χ4v) is 2.96. The number of amides is 1. The Labute approximate surface area is 171 Å². The molecule has 0 aliphatic heterocycles. The SMILES string of the molecule is Cc1ccc(NC(=O)c2cccnc2Nc2cccc(F)c2)cc1-n1nnnc1C. The van der Waals surface area contributed by atoms with Crippen LogP contribution in [0.4, 0.5) is 21.6 Å². The number of carbonyl (C=O) groups excluding carboxylic acids is 1. The van der Waals surface area contributed by atoms with Crippen LogP contribution in [-0.4, -0.2) is 31.1 Å². The van der Waals surface area contributed by atoms with Crippen molar-refractivity contribution in [2.45, 2.75) is 13.8 Å². The van der Waals surface area contributed by atoms with Crippen molar-refractivity contribution in [1.29, 1.82) is 0 Å². The highest BCUT2D eigenvalue weighted by atomic mass is 19.1. The van der Waals surface area contributed by atoms with Crippen LogP contribution in [0.25, 0.3) is 5.69 Å². The molecule has 2 N–H and O–H groups in total. The van der Waals surface area contributed by atoms with Crippen LogP contribution in [-0.2, 0) is 0 Å². The van der Waals surface area contributed by atoms with Crippen LogP contribution in [0.15, 0.2) is 60.8 Å². The van der Waals surface area contributed by atoms with Crippen molar-refractivity contribution in [1.82, 2.24) is 25.2 Å². The molecule has 0 bridgehead atoms. The summed E-state index contributed by atoms with van der Waals surface area (Å²) in [5, 5.41) is 17.4. The molecule has 0 unspecified atom stereocenters. The van der Waals surface area contributed by atoms with E-state index < -0.39 is 0 Å². The molecule has 0 atom stereocenters. The normalized spacial score (nSPS) is 10.6. The maximum atomic E-state index is 13.5. The van der Waals surface area contributed by atoms with Gasteiger partial charge >= 0.3 is 0 Å². The minimum absolute atomic E-state index is 0.322. The van der Waals surface area contributed by atoms with Crippen LogP contribution >= 0.6 is 0 Å². The van der Waals surface area contributed by atoms with Crippen molar-refractivity contribution in [2.75, 3.05) is 10.6 Å². The summed E-state index contributed by atoms with van der Waals surface area (Å²) in [6.45, 7) is 3.73. The molecule has 30 heavy (non-hydrogen) atoms. The Morgan fingerprint density at radius 2 is 1.90 bits per heavy atom. The number of hydrogen-bond acceptors (Lipinski definition) is 6. The fourth-order valence-electron chi connectivity index (χ4n) is 2.96. The zero-order valence-electron chi connectivity index (χ0n) is 16.3. The number of halogens is 1. The number of aryl methyl sites for hydroxylation is 2. The minimum atomic E-state index is -0.382. The van der Waals surface area contributed by atoms with E-state index in [9.17, 15) is 9.18 Å². The lowest BCUT2D eigenvalue weighted by molar-refractivity contribution is 0.102. The molecule has 0 radical (unpaired) electrons. The van der Waals surface area contributed by atoms with E-state index in [1.165, 1.54) is 12.1 Å². The molecule has 0 spiro atoms. The van der Waals surface area contributed by atoms with E-state index in [1.54, 1.807) is 54.2 Å². The lowest BCUT2D eigenvalue weighted by Crippen LogP contribution is -2.15. The Balaban J connectivity index is 1.60. The topological polar surface area (TPSA) is 97.6 Å². The Bertz CT molecular complexity index is 1220. The smallest absolute Gasteiger partial charge is 0.259 e. The van der Waals surface area contributed by atoms with E-state index in [1.807, 2.05) is 13.0 Å². The number of nitrogens with one attached hydrogen (secondary N) is 2. The molecule has 9 heteroatoms. The van der Waals surface area contributed by atoms with E-state index >= 15 is 0 Å². The first-order valence-electron chi connectivity index (χ1n) is 9.16. The van der Waals surface area contributed by atoms with Crippen LogP contribution in [0.2, 0.25) is 0 Å². The van der Waals surface area contributed by atoms with Gasteiger partial charge in [0.25, 0.3) is 5.91 Å². The Morgan fingerprint density at radius 3 is 2.67 bits per heavy atom. The summed E-state index contributed by atoms with van der Waals surface area (Å²) in [6.07, 6.45) is 1.56. The molecule has 8 nitrogen and oxygen atoms in total. The fraction of sp³-hybridized carbons (Fsp3) is 0.0952. The summed E-state index contributed by atoms with van der Waals surface area (Å²) in [5.74, 6) is 0.219. The molecule has 0 aliphatic rings. The Hall–Kier alpha value is -4.14. The summed E-state index contributed by atoms with van der Waals surface area (Å²) in [4.78, 5) is 17.2. The molecule has 150 valence electrons. The van der Waals surface area contributed by atoms with E-state index in [0.717, 1.165) is 11.3 Å². The number of nitrogens with zero attached hydrogens (tertiary/aromatic N) is 5. The molecule has 0 saturated carbocycles. The van der Waals surface area contributed by atoms with Gasteiger partial charge in [0.2, 0.25) is 0 Å². The maximum absolute atomic E-state index is 13.5. The van der Waals surface area contributed by atoms with Crippen molar-refractivity contribution in [3.63, 3.8) is 0 Å². The van der Waals surface area contributed by atoms with Crippen molar-refractivity contribution >= 4 is 23.1 Å². The van der Waals surface area contributed by atoms with Gasteiger partial charge in [0.15, 0.2) is 5.82 Å². The number of hydrogen-bond donors (Lipinski definition) is 2. The zero-order chi connectivity index (χ0) is 21.1. The van der Waals surface area contributed by atoms with Gasteiger partial charge in [-0.15, -0.1) is 5.10 Å². The maximum Gasteiger partial charge on any atom is 0.259 e. The number of aromatic nitrogens is 5. The largest absolute Gasteiger partial charge is 0.339 e. The Morgan fingerprint density at radius 1 is 1.03 bits per heavy atom. The van der Waals surface area contributed by atoms with Crippen LogP contribution in [0.1, 0.15) is 21.7 Å². The van der Waals surface area contributed by atoms with Crippen LogP contribution < -0.4 is 10.6 Å². The van der Waals surface area contributed by atoms with Crippen molar-refractivity contribution < 1.29 is 9.18 Å². The van der Waals surface area contributed by atoms with Gasteiger partial charge < -0.3 is 10.6 Å². The van der Waals surface area contributed by atoms with Gasteiger partial charge in [-0.1, -0.05) is 12.1 Å².